The summed E-state index contributed by atoms with van der Waals surface area (Å²) < 4.78 is 40.2. The summed E-state index contributed by atoms with van der Waals surface area (Å²) in [5.74, 6) is -2.77. The molecular formula is C30H35F3N4O2. The van der Waals surface area contributed by atoms with Crippen LogP contribution in [0.25, 0.3) is 0 Å². The number of nitrogens with one attached hydrogen (secondary N) is 1. The molecule has 1 aliphatic heterocycles. The summed E-state index contributed by atoms with van der Waals surface area (Å²) in [6.45, 7) is 3.14. The zero-order chi connectivity index (χ0) is 28.0. The molecule has 208 valence electrons. The maximum Gasteiger partial charge on any atom is 0.416 e. The van der Waals surface area contributed by atoms with Crippen molar-refractivity contribution in [3.05, 3.63) is 89.5 Å². The van der Waals surface area contributed by atoms with Gasteiger partial charge in [-0.3, -0.25) is 9.59 Å². The van der Waals surface area contributed by atoms with Crippen LogP contribution >= 0.6 is 0 Å². The number of unbranched alkanes of at least 4 members (excludes halogenated alkanes) is 2. The average molecular weight is 541 g/mol. The topological polar surface area (TPSA) is 92.1 Å². The molecule has 1 aliphatic rings. The van der Waals surface area contributed by atoms with Gasteiger partial charge in [0.15, 0.2) is 0 Å². The van der Waals surface area contributed by atoms with Crippen LogP contribution in [0.5, 0.6) is 0 Å². The third kappa shape index (κ3) is 6.69. The van der Waals surface area contributed by atoms with Gasteiger partial charge in [-0.25, -0.2) is 4.98 Å². The first-order chi connectivity index (χ1) is 18.6. The highest BCUT2D eigenvalue weighted by Crippen LogP contribution is 2.41. The second-order valence-corrected chi connectivity index (χ2v) is 10.6. The number of amides is 2. The van der Waals surface area contributed by atoms with E-state index in [1.165, 1.54) is 18.0 Å². The number of nitrogens with zero attached hydrogens (tertiary/aromatic N) is 2. The Kier molecular flexibility index (Phi) is 8.77. The third-order valence-electron chi connectivity index (χ3n) is 7.82. The van der Waals surface area contributed by atoms with Gasteiger partial charge in [-0.05, 0) is 30.0 Å². The number of H-pyrrole nitrogens is 1. The molecular weight excluding hydrogens is 505 g/mol. The molecule has 0 aliphatic carbocycles. The number of rotatable bonds is 12. The van der Waals surface area contributed by atoms with Crippen LogP contribution in [0.4, 0.5) is 13.2 Å². The second kappa shape index (κ2) is 12.1. The lowest BCUT2D eigenvalue weighted by Gasteiger charge is -2.52. The number of primary amides is 1. The number of carbonyl (C=O) groups is 2. The molecule has 4 rings (SSSR count). The fourth-order valence-corrected chi connectivity index (χ4v) is 5.67. The van der Waals surface area contributed by atoms with Crippen molar-refractivity contribution in [2.24, 2.45) is 17.6 Å². The Balaban J connectivity index is 1.62. The normalized spacial score (nSPS) is 16.4. The van der Waals surface area contributed by atoms with Gasteiger partial charge in [-0.1, -0.05) is 74.7 Å². The predicted octanol–water partition coefficient (Wildman–Crippen LogP) is 5.29. The summed E-state index contributed by atoms with van der Waals surface area (Å²) in [5, 5.41) is 0. The Morgan fingerprint density at radius 2 is 1.79 bits per heavy atom. The smallest absolute Gasteiger partial charge is 0.369 e. The Morgan fingerprint density at radius 3 is 2.41 bits per heavy atom. The van der Waals surface area contributed by atoms with E-state index in [9.17, 15) is 22.8 Å². The van der Waals surface area contributed by atoms with Gasteiger partial charge in [0.2, 0.25) is 11.8 Å². The minimum absolute atomic E-state index is 0.0326. The summed E-state index contributed by atoms with van der Waals surface area (Å²) >= 11 is 0. The summed E-state index contributed by atoms with van der Waals surface area (Å²) in [6.07, 6.45) is 2.75. The quantitative estimate of drug-likeness (QED) is 0.306. The van der Waals surface area contributed by atoms with Gasteiger partial charge in [-0.2, -0.15) is 13.2 Å². The number of benzene rings is 2. The van der Waals surface area contributed by atoms with Crippen LogP contribution in [0.15, 0.2) is 67.1 Å². The molecule has 0 bridgehead atoms. The van der Waals surface area contributed by atoms with Crippen LogP contribution < -0.4 is 5.73 Å². The zero-order valence-electron chi connectivity index (χ0n) is 22.1. The molecule has 3 N–H and O–H groups in total. The van der Waals surface area contributed by atoms with Crippen molar-refractivity contribution < 1.29 is 22.8 Å². The monoisotopic (exact) mass is 540 g/mol. The number of aromatic nitrogens is 2. The van der Waals surface area contributed by atoms with Crippen LogP contribution in [-0.4, -0.2) is 39.8 Å². The maximum absolute atomic E-state index is 14.0. The van der Waals surface area contributed by atoms with E-state index in [-0.39, 0.29) is 24.2 Å². The minimum atomic E-state index is -4.51. The van der Waals surface area contributed by atoms with Gasteiger partial charge >= 0.3 is 6.18 Å². The van der Waals surface area contributed by atoms with E-state index in [2.05, 4.69) is 29.0 Å². The Labute approximate surface area is 226 Å². The number of likely N-dealkylation sites (tertiary alicyclic amines) is 1. The first kappa shape index (κ1) is 28.4. The van der Waals surface area contributed by atoms with Crippen molar-refractivity contribution in [3.63, 3.8) is 0 Å². The molecule has 0 radical (unpaired) electrons. The zero-order valence-corrected chi connectivity index (χ0v) is 22.1. The molecule has 0 saturated carbocycles. The fraction of sp³-hybridized carbons (Fsp3) is 0.433. The number of carbonyl (C=O) groups excluding carboxylic acids is 2. The van der Waals surface area contributed by atoms with Crippen LogP contribution in [0.1, 0.15) is 55.0 Å². The summed E-state index contributed by atoms with van der Waals surface area (Å²) in [7, 11) is 0. The van der Waals surface area contributed by atoms with Crippen molar-refractivity contribution in [1.29, 1.82) is 0 Å². The van der Waals surface area contributed by atoms with Crippen molar-refractivity contribution in [2.45, 2.75) is 57.0 Å². The van der Waals surface area contributed by atoms with Gasteiger partial charge in [0.05, 0.1) is 23.7 Å². The molecule has 39 heavy (non-hydrogen) atoms. The maximum atomic E-state index is 14.0. The summed E-state index contributed by atoms with van der Waals surface area (Å²) in [6, 6.07) is 15.0. The van der Waals surface area contributed by atoms with Gasteiger partial charge in [0.1, 0.15) is 0 Å². The van der Waals surface area contributed by atoms with Gasteiger partial charge in [0, 0.05) is 36.8 Å². The molecule has 2 amide bonds. The van der Waals surface area contributed by atoms with Crippen LogP contribution in [0.2, 0.25) is 0 Å². The summed E-state index contributed by atoms with van der Waals surface area (Å²) in [5.41, 5.74) is 6.96. The highest BCUT2D eigenvalue weighted by Gasteiger charge is 2.48. The van der Waals surface area contributed by atoms with E-state index in [1.54, 1.807) is 17.2 Å². The molecule has 2 aromatic carbocycles. The number of imidazole rings is 1. The molecule has 2 heterocycles. The van der Waals surface area contributed by atoms with Crippen molar-refractivity contribution >= 4 is 11.8 Å². The van der Waals surface area contributed by atoms with Gasteiger partial charge < -0.3 is 15.6 Å². The van der Waals surface area contributed by atoms with E-state index < -0.39 is 29.5 Å². The number of alkyl halides is 3. The van der Waals surface area contributed by atoms with Crippen LogP contribution in [0, 0.1) is 11.8 Å². The lowest BCUT2D eigenvalue weighted by molar-refractivity contribution is -0.148. The Hall–Kier alpha value is -3.62. The second-order valence-electron chi connectivity index (χ2n) is 10.6. The van der Waals surface area contributed by atoms with Crippen LogP contribution in [-0.2, 0) is 34.0 Å². The first-order valence-electron chi connectivity index (χ1n) is 13.4. The number of hydrogen-bond acceptors (Lipinski definition) is 3. The first-order valence-corrected chi connectivity index (χ1v) is 13.4. The number of aromatic amines is 1. The fourth-order valence-electron chi connectivity index (χ4n) is 5.67. The van der Waals surface area contributed by atoms with Crippen molar-refractivity contribution in [1.82, 2.24) is 14.9 Å². The van der Waals surface area contributed by atoms with E-state index in [4.69, 9.17) is 5.73 Å². The number of halogens is 3. The molecule has 0 spiro atoms. The SMILES string of the molecule is CCCCCC1(c2ccccc2)CN(C(=O)[C@H](Cc2cccc(C(F)(F)F)c2)C(Cc2cnc[nH]2)C(N)=O)C1. The molecule has 1 fully saturated rings. The molecule has 1 aromatic heterocycles. The van der Waals surface area contributed by atoms with Crippen molar-refractivity contribution in [3.8, 4) is 0 Å². The third-order valence-corrected chi connectivity index (χ3v) is 7.82. The van der Waals surface area contributed by atoms with Crippen molar-refractivity contribution in [2.75, 3.05) is 13.1 Å². The van der Waals surface area contributed by atoms with E-state index >= 15 is 0 Å². The predicted molar refractivity (Wildman–Crippen MR) is 142 cm³/mol. The Morgan fingerprint density at radius 1 is 1.05 bits per heavy atom. The molecule has 9 heteroatoms. The van der Waals surface area contributed by atoms with Crippen LogP contribution in [0.3, 0.4) is 0 Å². The van der Waals surface area contributed by atoms with E-state index in [0.717, 1.165) is 37.8 Å². The molecule has 1 unspecified atom stereocenters. The molecule has 2 atom stereocenters. The van der Waals surface area contributed by atoms with Gasteiger partial charge in [0.25, 0.3) is 0 Å². The lowest BCUT2D eigenvalue weighted by atomic mass is 9.69. The number of hydrogen-bond donors (Lipinski definition) is 2. The molecule has 3 aromatic rings. The van der Waals surface area contributed by atoms with Gasteiger partial charge in [-0.15, -0.1) is 0 Å². The average Bonchev–Trinajstić information content (AvgIpc) is 3.41. The lowest BCUT2D eigenvalue weighted by Crippen LogP contribution is -2.63. The van der Waals surface area contributed by atoms with E-state index in [0.29, 0.717) is 24.3 Å². The largest absolute Gasteiger partial charge is 0.416 e. The summed E-state index contributed by atoms with van der Waals surface area (Å²) in [4.78, 5) is 35.3. The molecule has 6 nitrogen and oxygen atoms in total. The molecule has 1 saturated heterocycles. The highest BCUT2D eigenvalue weighted by molar-refractivity contribution is 5.88. The highest BCUT2D eigenvalue weighted by atomic mass is 19.4. The minimum Gasteiger partial charge on any atom is -0.369 e. The number of nitrogens with two attached hydrogens (primary N) is 1. The van der Waals surface area contributed by atoms with E-state index in [1.807, 2.05) is 18.2 Å². The standard InChI is InChI=1S/C30H35F3N4O2/c1-2-3-7-13-29(22-10-5-4-6-11-22)18-37(19-29)28(39)26(25(27(34)38)16-24-17-35-20-36-24)15-21-9-8-12-23(14-21)30(31,32)33/h4-6,8-12,14,17,20,25-26H,2-3,7,13,15-16,18-19H2,1H3,(H2,34,38)(H,35,36)/t25?,26-/m1/s1. The Bertz CT molecular complexity index is 1240.